The van der Waals surface area contributed by atoms with Crippen molar-refractivity contribution in [1.82, 2.24) is 0 Å². The van der Waals surface area contributed by atoms with Crippen LogP contribution in [0.2, 0.25) is 0 Å². The molecule has 0 heteroatoms. The maximum Gasteiger partial charge on any atom is -0.0349 e. The number of allylic oxidation sites excluding steroid dienone is 6. The Kier molecular flexibility index (Phi) is 14.8. The molecule has 0 N–H and O–H groups in total. The van der Waals surface area contributed by atoms with E-state index >= 15 is 0 Å². The van der Waals surface area contributed by atoms with E-state index in [1.165, 1.54) is 5.57 Å². The van der Waals surface area contributed by atoms with E-state index in [1.54, 1.807) is 0 Å². The molecule has 0 aromatic rings. The first-order valence-electron chi connectivity index (χ1n) is 4.76. The minimum absolute atomic E-state index is 1.14. The van der Waals surface area contributed by atoms with Crippen LogP contribution in [0.5, 0.6) is 0 Å². The zero-order valence-electron chi connectivity index (χ0n) is 9.09. The molecule has 0 atom stereocenters. The maximum atomic E-state index is 2.16. The lowest BCUT2D eigenvalue weighted by Crippen LogP contribution is -1.66. The molecular formula is C12H22. The molecule has 0 rings (SSSR count). The van der Waals surface area contributed by atoms with Crippen LogP contribution in [0, 0.1) is 0 Å². The van der Waals surface area contributed by atoms with Gasteiger partial charge in [0.15, 0.2) is 0 Å². The third-order valence-corrected chi connectivity index (χ3v) is 1.35. The van der Waals surface area contributed by atoms with E-state index in [4.69, 9.17) is 0 Å². The highest BCUT2D eigenvalue weighted by molar-refractivity contribution is 5.14. The largest absolute Gasteiger partial charge is 0.0877 e. The van der Waals surface area contributed by atoms with Crippen molar-refractivity contribution in [3.05, 3.63) is 36.0 Å². The summed E-state index contributed by atoms with van der Waals surface area (Å²) in [4.78, 5) is 0. The highest BCUT2D eigenvalue weighted by Crippen LogP contribution is 1.97. The van der Waals surface area contributed by atoms with E-state index in [2.05, 4.69) is 26.0 Å². The second kappa shape index (κ2) is 12.9. The predicted octanol–water partition coefficient (Wildman–Crippen LogP) is 4.50. The molecule has 0 aliphatic rings. The SMILES string of the molecule is CC.C\C=C/C=C\C=C(\C)CC. The van der Waals surface area contributed by atoms with E-state index in [1.807, 2.05) is 39.0 Å². The third-order valence-electron chi connectivity index (χ3n) is 1.35. The average molecular weight is 166 g/mol. The lowest BCUT2D eigenvalue weighted by Gasteiger charge is -1.87. The zero-order chi connectivity index (χ0) is 9.82. The first-order valence-corrected chi connectivity index (χ1v) is 4.76. The molecule has 0 bridgehead atoms. The van der Waals surface area contributed by atoms with E-state index in [0.29, 0.717) is 0 Å². The molecule has 0 aromatic carbocycles. The summed E-state index contributed by atoms with van der Waals surface area (Å²) < 4.78 is 0. The molecule has 0 fully saturated rings. The Balaban J connectivity index is 0. The Bertz CT molecular complexity index is 147. The first kappa shape index (κ1) is 13.8. The Morgan fingerprint density at radius 3 is 2.08 bits per heavy atom. The Morgan fingerprint density at radius 2 is 1.67 bits per heavy atom. The average Bonchev–Trinajstić information content (AvgIpc) is 2.15. The van der Waals surface area contributed by atoms with Gasteiger partial charge in [-0.2, -0.15) is 0 Å². The van der Waals surface area contributed by atoms with E-state index in [9.17, 15) is 0 Å². The number of hydrogen-bond donors (Lipinski definition) is 0. The van der Waals surface area contributed by atoms with Crippen LogP contribution in [-0.2, 0) is 0 Å². The van der Waals surface area contributed by atoms with Gasteiger partial charge in [0.05, 0.1) is 0 Å². The van der Waals surface area contributed by atoms with Crippen LogP contribution in [0.25, 0.3) is 0 Å². The van der Waals surface area contributed by atoms with Crippen molar-refractivity contribution in [2.24, 2.45) is 0 Å². The summed E-state index contributed by atoms with van der Waals surface area (Å²) in [6.45, 7) is 10.3. The van der Waals surface area contributed by atoms with Crippen LogP contribution in [-0.4, -0.2) is 0 Å². The molecule has 0 nitrogen and oxygen atoms in total. The summed E-state index contributed by atoms with van der Waals surface area (Å²) in [5, 5.41) is 0. The fourth-order valence-corrected chi connectivity index (χ4v) is 0.513. The molecule has 0 heterocycles. The summed E-state index contributed by atoms with van der Waals surface area (Å²) in [6.07, 6.45) is 11.4. The third kappa shape index (κ3) is 12.0. The molecule has 0 aromatic heterocycles. The summed E-state index contributed by atoms with van der Waals surface area (Å²) in [5.41, 5.74) is 1.42. The lowest BCUT2D eigenvalue weighted by atomic mass is 10.2. The van der Waals surface area contributed by atoms with Gasteiger partial charge in [0.2, 0.25) is 0 Å². The van der Waals surface area contributed by atoms with Crippen LogP contribution in [0.1, 0.15) is 41.0 Å². The maximum absolute atomic E-state index is 2.16. The van der Waals surface area contributed by atoms with Gasteiger partial charge in [-0.25, -0.2) is 0 Å². The topological polar surface area (TPSA) is 0 Å². The normalized spacial score (nSPS) is 11.9. The fourth-order valence-electron chi connectivity index (χ4n) is 0.513. The van der Waals surface area contributed by atoms with Gasteiger partial charge < -0.3 is 0 Å². The van der Waals surface area contributed by atoms with Gasteiger partial charge >= 0.3 is 0 Å². The Morgan fingerprint density at radius 1 is 1.08 bits per heavy atom. The molecule has 0 aliphatic carbocycles. The molecule has 0 saturated heterocycles. The molecule has 0 spiro atoms. The van der Waals surface area contributed by atoms with E-state index < -0.39 is 0 Å². The molecule has 70 valence electrons. The van der Waals surface area contributed by atoms with Crippen molar-refractivity contribution < 1.29 is 0 Å². The zero-order valence-corrected chi connectivity index (χ0v) is 9.09. The van der Waals surface area contributed by atoms with Gasteiger partial charge in [-0.15, -0.1) is 0 Å². The van der Waals surface area contributed by atoms with Crippen molar-refractivity contribution >= 4 is 0 Å². The summed E-state index contributed by atoms with van der Waals surface area (Å²) in [6, 6.07) is 0. The summed E-state index contributed by atoms with van der Waals surface area (Å²) >= 11 is 0. The Hall–Kier alpha value is -0.780. The lowest BCUT2D eigenvalue weighted by molar-refractivity contribution is 1.10. The smallest absolute Gasteiger partial charge is 0.0349 e. The molecule has 0 radical (unpaired) electrons. The molecule has 0 saturated carbocycles. The van der Waals surface area contributed by atoms with Gasteiger partial charge in [0.25, 0.3) is 0 Å². The molecule has 12 heavy (non-hydrogen) atoms. The van der Waals surface area contributed by atoms with Gasteiger partial charge in [0.1, 0.15) is 0 Å². The predicted molar refractivity (Wildman–Crippen MR) is 59.4 cm³/mol. The Labute approximate surface area is 77.7 Å². The molecular weight excluding hydrogens is 144 g/mol. The van der Waals surface area contributed by atoms with Crippen LogP contribution in [0.3, 0.4) is 0 Å². The number of hydrogen-bond acceptors (Lipinski definition) is 0. The summed E-state index contributed by atoms with van der Waals surface area (Å²) in [7, 11) is 0. The second-order valence-electron chi connectivity index (χ2n) is 2.28. The summed E-state index contributed by atoms with van der Waals surface area (Å²) in [5.74, 6) is 0. The monoisotopic (exact) mass is 166 g/mol. The highest BCUT2D eigenvalue weighted by Gasteiger charge is 1.76. The second-order valence-corrected chi connectivity index (χ2v) is 2.28. The highest BCUT2D eigenvalue weighted by atomic mass is 13.8. The van der Waals surface area contributed by atoms with Crippen LogP contribution in [0.4, 0.5) is 0 Å². The van der Waals surface area contributed by atoms with Gasteiger partial charge in [-0.05, 0) is 20.3 Å². The van der Waals surface area contributed by atoms with Crippen molar-refractivity contribution in [3.8, 4) is 0 Å². The standard InChI is InChI=1S/C10H16.C2H6/c1-4-6-7-8-9-10(3)5-2;1-2/h4,6-9H,5H2,1-3H3;1-2H3/b6-4-,8-7-,10-9-;. The first-order chi connectivity index (χ1) is 5.81. The van der Waals surface area contributed by atoms with E-state index in [-0.39, 0.29) is 0 Å². The molecule has 0 amide bonds. The minimum Gasteiger partial charge on any atom is -0.0877 e. The van der Waals surface area contributed by atoms with Gasteiger partial charge in [-0.3, -0.25) is 0 Å². The van der Waals surface area contributed by atoms with Crippen LogP contribution < -0.4 is 0 Å². The van der Waals surface area contributed by atoms with Crippen molar-refractivity contribution in [3.63, 3.8) is 0 Å². The quantitative estimate of drug-likeness (QED) is 0.541. The molecule has 0 aliphatic heterocycles. The van der Waals surface area contributed by atoms with Gasteiger partial charge in [-0.1, -0.05) is 56.7 Å². The van der Waals surface area contributed by atoms with Crippen LogP contribution >= 0.6 is 0 Å². The fraction of sp³-hybridized carbons (Fsp3) is 0.500. The molecule has 0 unspecified atom stereocenters. The van der Waals surface area contributed by atoms with Crippen molar-refractivity contribution in [1.29, 1.82) is 0 Å². The number of rotatable bonds is 3. The van der Waals surface area contributed by atoms with Crippen LogP contribution in [0.15, 0.2) is 36.0 Å². The van der Waals surface area contributed by atoms with Crippen molar-refractivity contribution in [2.45, 2.75) is 41.0 Å². The van der Waals surface area contributed by atoms with Gasteiger partial charge in [0, 0.05) is 0 Å². The van der Waals surface area contributed by atoms with E-state index in [0.717, 1.165) is 6.42 Å². The minimum atomic E-state index is 1.14. The van der Waals surface area contributed by atoms with Crippen molar-refractivity contribution in [2.75, 3.05) is 0 Å².